The van der Waals surface area contributed by atoms with E-state index in [0.717, 1.165) is 17.8 Å². The van der Waals surface area contributed by atoms with E-state index >= 15 is 0 Å². The lowest BCUT2D eigenvalue weighted by atomic mass is 10.3. The van der Waals surface area contributed by atoms with E-state index in [-0.39, 0.29) is 0 Å². The van der Waals surface area contributed by atoms with Gasteiger partial charge >= 0.3 is 0 Å². The van der Waals surface area contributed by atoms with Crippen molar-refractivity contribution in [3.05, 3.63) is 17.0 Å². The summed E-state index contributed by atoms with van der Waals surface area (Å²) < 4.78 is 26.1. The molecule has 6 heteroatoms. The van der Waals surface area contributed by atoms with Gasteiger partial charge in [0.2, 0.25) is 10.0 Å². The van der Waals surface area contributed by atoms with Gasteiger partial charge < -0.3 is 5.32 Å². The van der Waals surface area contributed by atoms with Crippen LogP contribution in [-0.4, -0.2) is 28.6 Å². The van der Waals surface area contributed by atoms with Crippen molar-refractivity contribution in [3.8, 4) is 0 Å². The Morgan fingerprint density at radius 1 is 1.40 bits per heavy atom. The quantitative estimate of drug-likeness (QED) is 0.783. The smallest absolute Gasteiger partial charge is 0.250 e. The second kappa shape index (κ2) is 5.60. The molecule has 0 saturated heterocycles. The lowest BCUT2D eigenvalue weighted by Gasteiger charge is -2.00. The zero-order valence-electron chi connectivity index (χ0n) is 8.91. The van der Waals surface area contributed by atoms with E-state index in [9.17, 15) is 8.42 Å². The fourth-order valence-corrected chi connectivity index (χ4v) is 3.59. The first kappa shape index (κ1) is 12.6. The van der Waals surface area contributed by atoms with Crippen molar-refractivity contribution >= 4 is 21.4 Å². The summed E-state index contributed by atoms with van der Waals surface area (Å²) in [5.74, 6) is 0. The zero-order valence-corrected chi connectivity index (χ0v) is 10.5. The van der Waals surface area contributed by atoms with Gasteiger partial charge in [0.05, 0.1) is 0 Å². The topological polar surface area (TPSA) is 58.2 Å². The Hall–Kier alpha value is -0.430. The molecular formula is C9H16N2O2S2. The van der Waals surface area contributed by atoms with Crippen LogP contribution in [0.4, 0.5) is 0 Å². The average Bonchev–Trinajstić information content (AvgIpc) is 2.63. The van der Waals surface area contributed by atoms with E-state index in [1.165, 1.54) is 11.3 Å². The van der Waals surface area contributed by atoms with Gasteiger partial charge in [-0.1, -0.05) is 6.92 Å². The predicted octanol–water partition coefficient (Wildman–Crippen LogP) is 0.808. The molecule has 0 aliphatic carbocycles. The Balaban J connectivity index is 2.75. The van der Waals surface area contributed by atoms with E-state index in [2.05, 4.69) is 10.0 Å². The molecule has 1 aromatic rings. The van der Waals surface area contributed by atoms with E-state index < -0.39 is 10.0 Å². The summed E-state index contributed by atoms with van der Waals surface area (Å²) in [5.41, 5.74) is 0. The first-order valence-corrected chi connectivity index (χ1v) is 7.13. The molecule has 86 valence electrons. The molecule has 0 unspecified atom stereocenters. The fraction of sp³-hybridized carbons (Fsp3) is 0.556. The third kappa shape index (κ3) is 3.57. The molecule has 1 aromatic heterocycles. The number of hydrogen-bond acceptors (Lipinski definition) is 4. The minimum atomic E-state index is -3.27. The third-order valence-corrected chi connectivity index (χ3v) is 5.04. The Morgan fingerprint density at radius 3 is 2.73 bits per heavy atom. The molecule has 1 heterocycles. The van der Waals surface area contributed by atoms with E-state index in [4.69, 9.17) is 0 Å². The maximum absolute atomic E-state index is 11.6. The maximum atomic E-state index is 11.6. The molecular weight excluding hydrogens is 232 g/mol. The molecule has 0 bridgehead atoms. The van der Waals surface area contributed by atoms with Crippen LogP contribution in [0, 0.1) is 0 Å². The van der Waals surface area contributed by atoms with Gasteiger partial charge in [-0.15, -0.1) is 11.3 Å². The van der Waals surface area contributed by atoms with E-state index in [1.54, 1.807) is 13.0 Å². The second-order valence-corrected chi connectivity index (χ2v) is 6.24. The van der Waals surface area contributed by atoms with Crippen molar-refractivity contribution in [2.75, 3.05) is 20.1 Å². The molecule has 15 heavy (non-hydrogen) atoms. The maximum Gasteiger partial charge on any atom is 0.250 e. The van der Waals surface area contributed by atoms with Crippen LogP contribution in [-0.2, 0) is 16.4 Å². The standard InChI is InChI=1S/C9H16N2O2S2/c1-3-11-15(12,13)9-5-4-8(14-9)6-7-10-2/h4-5,10-11H,3,6-7H2,1-2H3. The van der Waals surface area contributed by atoms with Gasteiger partial charge in [-0.2, -0.15) is 0 Å². The molecule has 0 atom stereocenters. The minimum Gasteiger partial charge on any atom is -0.319 e. The summed E-state index contributed by atoms with van der Waals surface area (Å²) in [6, 6.07) is 3.53. The molecule has 4 nitrogen and oxygen atoms in total. The molecule has 0 radical (unpaired) electrons. The SMILES string of the molecule is CCNS(=O)(=O)c1ccc(CCNC)s1. The number of nitrogens with one attached hydrogen (secondary N) is 2. The normalized spacial score (nSPS) is 11.9. The number of thiophene rings is 1. The lowest BCUT2D eigenvalue weighted by Crippen LogP contribution is -2.22. The highest BCUT2D eigenvalue weighted by Gasteiger charge is 2.14. The fourth-order valence-electron chi connectivity index (χ4n) is 1.15. The van der Waals surface area contributed by atoms with Crippen LogP contribution in [0.1, 0.15) is 11.8 Å². The van der Waals surface area contributed by atoms with Crippen LogP contribution in [0.3, 0.4) is 0 Å². The van der Waals surface area contributed by atoms with Crippen LogP contribution in [0.15, 0.2) is 16.3 Å². The molecule has 1 rings (SSSR count). The third-order valence-electron chi connectivity index (χ3n) is 1.86. The van der Waals surface area contributed by atoms with E-state index in [0.29, 0.717) is 10.8 Å². The Labute approximate surface area is 94.8 Å². The van der Waals surface area contributed by atoms with Gasteiger partial charge in [0.25, 0.3) is 0 Å². The van der Waals surface area contributed by atoms with Crippen LogP contribution in [0.25, 0.3) is 0 Å². The number of hydrogen-bond donors (Lipinski definition) is 2. The molecule has 0 spiro atoms. The van der Waals surface area contributed by atoms with Crippen molar-refractivity contribution in [3.63, 3.8) is 0 Å². The van der Waals surface area contributed by atoms with Crippen LogP contribution >= 0.6 is 11.3 Å². The van der Waals surface area contributed by atoms with Crippen molar-refractivity contribution < 1.29 is 8.42 Å². The van der Waals surface area contributed by atoms with Crippen molar-refractivity contribution in [2.45, 2.75) is 17.6 Å². The lowest BCUT2D eigenvalue weighted by molar-refractivity contribution is 0.586. The first-order valence-electron chi connectivity index (χ1n) is 4.83. The highest BCUT2D eigenvalue weighted by Crippen LogP contribution is 2.21. The summed E-state index contributed by atoms with van der Waals surface area (Å²) in [5, 5.41) is 3.03. The summed E-state index contributed by atoms with van der Waals surface area (Å²) in [6.07, 6.45) is 0.864. The molecule has 0 fully saturated rings. The first-order chi connectivity index (χ1) is 7.10. The number of rotatable bonds is 6. The van der Waals surface area contributed by atoms with Crippen LogP contribution in [0.2, 0.25) is 0 Å². The van der Waals surface area contributed by atoms with Gasteiger partial charge in [0.15, 0.2) is 0 Å². The largest absolute Gasteiger partial charge is 0.319 e. The molecule has 0 saturated carbocycles. The molecule has 0 aliphatic rings. The molecule has 0 aliphatic heterocycles. The van der Waals surface area contributed by atoms with Crippen LogP contribution in [0.5, 0.6) is 0 Å². The monoisotopic (exact) mass is 248 g/mol. The Morgan fingerprint density at radius 2 is 2.13 bits per heavy atom. The van der Waals surface area contributed by atoms with Crippen LogP contribution < -0.4 is 10.0 Å². The van der Waals surface area contributed by atoms with Gasteiger partial charge in [-0.05, 0) is 32.1 Å². The van der Waals surface area contributed by atoms with Gasteiger partial charge in [0.1, 0.15) is 4.21 Å². The second-order valence-electron chi connectivity index (χ2n) is 3.08. The van der Waals surface area contributed by atoms with Crippen molar-refractivity contribution in [1.82, 2.24) is 10.0 Å². The molecule has 0 aromatic carbocycles. The van der Waals surface area contributed by atoms with E-state index in [1.807, 2.05) is 13.1 Å². The van der Waals surface area contributed by atoms with Gasteiger partial charge in [-0.25, -0.2) is 13.1 Å². The summed E-state index contributed by atoms with van der Waals surface area (Å²) in [7, 11) is -1.39. The average molecular weight is 248 g/mol. The highest BCUT2D eigenvalue weighted by atomic mass is 32.2. The minimum absolute atomic E-state index is 0.399. The number of likely N-dealkylation sites (N-methyl/N-ethyl adjacent to an activating group) is 1. The zero-order chi connectivity index (χ0) is 11.3. The summed E-state index contributed by atoms with van der Waals surface area (Å²) in [6.45, 7) is 3.06. The summed E-state index contributed by atoms with van der Waals surface area (Å²) >= 11 is 1.33. The Kier molecular flexibility index (Phi) is 4.72. The Bertz CT molecular complexity index is 398. The molecule has 2 N–H and O–H groups in total. The van der Waals surface area contributed by atoms with Crippen molar-refractivity contribution in [1.29, 1.82) is 0 Å². The van der Waals surface area contributed by atoms with Crippen molar-refractivity contribution in [2.24, 2.45) is 0 Å². The van der Waals surface area contributed by atoms with Gasteiger partial charge in [0, 0.05) is 11.4 Å². The predicted molar refractivity (Wildman–Crippen MR) is 62.8 cm³/mol. The number of sulfonamides is 1. The highest BCUT2D eigenvalue weighted by molar-refractivity contribution is 7.91. The molecule has 0 amide bonds. The summed E-state index contributed by atoms with van der Waals surface area (Å²) in [4.78, 5) is 1.08. The van der Waals surface area contributed by atoms with Gasteiger partial charge in [-0.3, -0.25) is 0 Å².